The van der Waals surface area contributed by atoms with E-state index in [0.717, 1.165) is 31.7 Å². The summed E-state index contributed by atoms with van der Waals surface area (Å²) in [6, 6.07) is 1.03. The van der Waals surface area contributed by atoms with Crippen molar-refractivity contribution in [3.63, 3.8) is 0 Å². The van der Waals surface area contributed by atoms with Crippen LogP contribution < -0.4 is 5.73 Å². The number of nitrogens with two attached hydrogens (primary N) is 1. The Morgan fingerprint density at radius 3 is 2.52 bits per heavy atom. The van der Waals surface area contributed by atoms with E-state index in [0.29, 0.717) is 19.1 Å². The molecule has 128 valence electrons. The van der Waals surface area contributed by atoms with Crippen molar-refractivity contribution in [3.8, 4) is 0 Å². The van der Waals surface area contributed by atoms with Crippen LogP contribution in [0.3, 0.4) is 0 Å². The maximum absolute atomic E-state index is 13.7. The maximum Gasteiger partial charge on any atom is 0.168 e. The Kier molecular flexibility index (Phi) is 4.94. The summed E-state index contributed by atoms with van der Waals surface area (Å²) < 4.78 is 51.7. The summed E-state index contributed by atoms with van der Waals surface area (Å²) in [6.07, 6.45) is 5.70. The Balaban J connectivity index is 1.56. The van der Waals surface area contributed by atoms with Gasteiger partial charge in [0.25, 0.3) is 0 Å². The van der Waals surface area contributed by atoms with Gasteiger partial charge in [-0.3, -0.25) is 0 Å². The van der Waals surface area contributed by atoms with Crippen LogP contribution in [0.5, 0.6) is 0 Å². The van der Waals surface area contributed by atoms with Crippen LogP contribution >= 0.6 is 0 Å². The molecule has 3 rings (SSSR count). The molecule has 1 aromatic carbocycles. The summed E-state index contributed by atoms with van der Waals surface area (Å²) in [5.74, 6) is -3.48. The molecule has 0 radical (unpaired) electrons. The predicted octanol–water partition coefficient (Wildman–Crippen LogP) is 3.44. The van der Waals surface area contributed by atoms with Gasteiger partial charge < -0.3 is 15.2 Å². The third kappa shape index (κ3) is 3.87. The summed E-state index contributed by atoms with van der Waals surface area (Å²) >= 11 is 0. The van der Waals surface area contributed by atoms with Gasteiger partial charge in [-0.25, -0.2) is 13.2 Å². The van der Waals surface area contributed by atoms with Gasteiger partial charge in [0, 0.05) is 24.9 Å². The quantitative estimate of drug-likeness (QED) is 0.861. The van der Waals surface area contributed by atoms with Gasteiger partial charge >= 0.3 is 0 Å². The molecule has 23 heavy (non-hydrogen) atoms. The molecule has 2 atom stereocenters. The molecule has 1 aliphatic heterocycles. The minimum absolute atomic E-state index is 0.0858. The molecule has 2 N–H and O–H groups in total. The minimum atomic E-state index is -1.19. The Morgan fingerprint density at radius 1 is 1.09 bits per heavy atom. The van der Waals surface area contributed by atoms with Crippen molar-refractivity contribution < 1.29 is 22.6 Å². The third-order valence-electron chi connectivity index (χ3n) is 4.67. The lowest BCUT2D eigenvalue weighted by atomic mass is 9.94. The van der Waals surface area contributed by atoms with Crippen molar-refractivity contribution in [2.75, 3.05) is 6.61 Å². The number of halogens is 3. The van der Waals surface area contributed by atoms with Crippen LogP contribution in [0, 0.1) is 17.5 Å². The number of ether oxygens (including phenoxy) is 2. The molecule has 1 unspecified atom stereocenters. The normalized spacial score (nSPS) is 25.0. The highest BCUT2D eigenvalue weighted by atomic mass is 19.2. The SMILES string of the molecule is NC(Cc1cc(F)c(F)cc1F)C[C@H]1COC2(CCCCC2)O1. The summed E-state index contributed by atoms with van der Waals surface area (Å²) in [5.41, 5.74) is 6.13. The van der Waals surface area contributed by atoms with Crippen LogP contribution in [-0.2, 0) is 15.9 Å². The van der Waals surface area contributed by atoms with Crippen molar-refractivity contribution in [3.05, 3.63) is 35.1 Å². The van der Waals surface area contributed by atoms with E-state index >= 15 is 0 Å². The van der Waals surface area contributed by atoms with E-state index in [4.69, 9.17) is 15.2 Å². The second kappa shape index (κ2) is 6.79. The fourth-order valence-electron chi connectivity index (χ4n) is 3.51. The smallest absolute Gasteiger partial charge is 0.168 e. The number of rotatable bonds is 4. The second-order valence-electron chi connectivity index (χ2n) is 6.58. The first-order valence-corrected chi connectivity index (χ1v) is 8.18. The van der Waals surface area contributed by atoms with Crippen LogP contribution in [0.4, 0.5) is 13.2 Å². The molecule has 1 heterocycles. The predicted molar refractivity (Wildman–Crippen MR) is 79.3 cm³/mol. The monoisotopic (exact) mass is 329 g/mol. The highest BCUT2D eigenvalue weighted by molar-refractivity contribution is 5.21. The summed E-state index contributed by atoms with van der Waals surface area (Å²) in [5, 5.41) is 0. The zero-order chi connectivity index (χ0) is 16.4. The molecule has 0 aromatic heterocycles. The van der Waals surface area contributed by atoms with Crippen LogP contribution in [0.15, 0.2) is 12.1 Å². The molecule has 3 nitrogen and oxygen atoms in total. The van der Waals surface area contributed by atoms with E-state index in [1.165, 1.54) is 6.42 Å². The molecule has 1 saturated carbocycles. The van der Waals surface area contributed by atoms with Crippen LogP contribution in [0.1, 0.15) is 44.1 Å². The fraction of sp³-hybridized carbons (Fsp3) is 0.647. The maximum atomic E-state index is 13.7. The Morgan fingerprint density at radius 2 is 1.78 bits per heavy atom. The summed E-state index contributed by atoms with van der Waals surface area (Å²) in [6.45, 7) is 0.480. The fourth-order valence-corrected chi connectivity index (χ4v) is 3.51. The van der Waals surface area contributed by atoms with E-state index in [-0.39, 0.29) is 18.1 Å². The van der Waals surface area contributed by atoms with Gasteiger partial charge in [0.2, 0.25) is 0 Å². The molecule has 2 aliphatic rings. The lowest BCUT2D eigenvalue weighted by molar-refractivity contribution is -0.187. The molecule has 0 amide bonds. The summed E-state index contributed by atoms with van der Waals surface area (Å²) in [7, 11) is 0. The highest BCUT2D eigenvalue weighted by Gasteiger charge is 2.42. The second-order valence-corrected chi connectivity index (χ2v) is 6.58. The van der Waals surface area contributed by atoms with Gasteiger partial charge in [-0.05, 0) is 37.3 Å². The first-order valence-electron chi connectivity index (χ1n) is 8.18. The van der Waals surface area contributed by atoms with Gasteiger partial charge in [0.15, 0.2) is 17.4 Å². The number of hydrogen-bond acceptors (Lipinski definition) is 3. The van der Waals surface area contributed by atoms with E-state index in [2.05, 4.69) is 0 Å². The van der Waals surface area contributed by atoms with Gasteiger partial charge in [-0.2, -0.15) is 0 Å². The van der Waals surface area contributed by atoms with Gasteiger partial charge in [0.05, 0.1) is 12.7 Å². The van der Waals surface area contributed by atoms with Crippen molar-refractivity contribution >= 4 is 0 Å². The van der Waals surface area contributed by atoms with Gasteiger partial charge in [-0.1, -0.05) is 6.42 Å². The van der Waals surface area contributed by atoms with Gasteiger partial charge in [-0.15, -0.1) is 0 Å². The third-order valence-corrected chi connectivity index (χ3v) is 4.67. The minimum Gasteiger partial charge on any atom is -0.347 e. The zero-order valence-corrected chi connectivity index (χ0v) is 13.0. The Bertz CT molecular complexity index is 561. The average Bonchev–Trinajstić information content (AvgIpc) is 2.87. The van der Waals surface area contributed by atoms with E-state index in [9.17, 15) is 13.2 Å². The van der Waals surface area contributed by atoms with Gasteiger partial charge in [0.1, 0.15) is 5.82 Å². The van der Waals surface area contributed by atoms with E-state index in [1.54, 1.807) is 0 Å². The lowest BCUT2D eigenvalue weighted by Crippen LogP contribution is -2.35. The van der Waals surface area contributed by atoms with Crippen molar-refractivity contribution in [1.29, 1.82) is 0 Å². The van der Waals surface area contributed by atoms with Crippen molar-refractivity contribution in [2.24, 2.45) is 5.73 Å². The van der Waals surface area contributed by atoms with Crippen molar-refractivity contribution in [1.82, 2.24) is 0 Å². The first kappa shape index (κ1) is 16.7. The largest absolute Gasteiger partial charge is 0.347 e. The molecule has 1 aromatic rings. The molecule has 6 heteroatoms. The molecule has 1 spiro atoms. The Labute approximate surface area is 133 Å². The molecular formula is C17H22F3NO2. The first-order chi connectivity index (χ1) is 11.0. The topological polar surface area (TPSA) is 44.5 Å². The van der Waals surface area contributed by atoms with E-state index < -0.39 is 29.3 Å². The Hall–Kier alpha value is -1.11. The average molecular weight is 329 g/mol. The summed E-state index contributed by atoms with van der Waals surface area (Å²) in [4.78, 5) is 0. The molecule has 1 aliphatic carbocycles. The lowest BCUT2D eigenvalue weighted by Gasteiger charge is -2.32. The van der Waals surface area contributed by atoms with E-state index in [1.807, 2.05) is 0 Å². The molecule has 0 bridgehead atoms. The van der Waals surface area contributed by atoms with Crippen molar-refractivity contribution in [2.45, 2.75) is 62.9 Å². The zero-order valence-electron chi connectivity index (χ0n) is 13.0. The molecule has 2 fully saturated rings. The number of hydrogen-bond donors (Lipinski definition) is 1. The standard InChI is InChI=1S/C17H22F3NO2/c18-14-9-16(20)15(19)7-11(14)6-12(21)8-13-10-22-17(23-13)4-2-1-3-5-17/h7,9,12-13H,1-6,8,10,21H2/t12?,13-/m0/s1. The molecular weight excluding hydrogens is 307 g/mol. The number of benzene rings is 1. The van der Waals surface area contributed by atoms with Crippen LogP contribution in [0.2, 0.25) is 0 Å². The highest BCUT2D eigenvalue weighted by Crippen LogP contribution is 2.38. The van der Waals surface area contributed by atoms with Crippen LogP contribution in [0.25, 0.3) is 0 Å². The van der Waals surface area contributed by atoms with Crippen LogP contribution in [-0.4, -0.2) is 24.5 Å². The molecule has 1 saturated heterocycles.